The summed E-state index contributed by atoms with van der Waals surface area (Å²) in [5.41, 5.74) is 2.43. The van der Waals surface area contributed by atoms with Crippen LogP contribution in [-0.2, 0) is 13.1 Å². The van der Waals surface area contributed by atoms with E-state index in [0.717, 1.165) is 18.0 Å². The summed E-state index contributed by atoms with van der Waals surface area (Å²) < 4.78 is 0. The van der Waals surface area contributed by atoms with E-state index in [2.05, 4.69) is 46.7 Å². The average molecular weight is 348 g/mol. The zero-order valence-electron chi connectivity index (χ0n) is 15.6. The number of aliphatic hydroxyl groups excluding tert-OH is 1. The molecule has 1 heterocycles. The Kier molecular flexibility index (Phi) is 8.22. The third-order valence-corrected chi connectivity index (χ3v) is 4.99. The third kappa shape index (κ3) is 7.45. The Balaban J connectivity index is 1.67. The van der Waals surface area contributed by atoms with Gasteiger partial charge >= 0.3 is 6.03 Å². The van der Waals surface area contributed by atoms with Crippen LogP contribution < -0.4 is 10.6 Å². The molecule has 1 aliphatic heterocycles. The second kappa shape index (κ2) is 10.4. The Morgan fingerprint density at radius 3 is 2.48 bits per heavy atom. The SMILES string of the molecule is CCC(O)CCNC(=O)NCc1ccc(CN2CCC(C)CC2)cc1. The van der Waals surface area contributed by atoms with Gasteiger partial charge in [-0.1, -0.05) is 38.1 Å². The summed E-state index contributed by atoms with van der Waals surface area (Å²) in [6.45, 7) is 8.68. The fourth-order valence-corrected chi connectivity index (χ4v) is 3.04. The van der Waals surface area contributed by atoms with Crippen molar-refractivity contribution < 1.29 is 9.90 Å². The molecular formula is C20H33N3O2. The standard InChI is InChI=1S/C20H33N3O2/c1-3-19(24)8-11-21-20(25)22-14-17-4-6-18(7-5-17)15-23-12-9-16(2)10-13-23/h4-7,16,19,24H,3,8-15H2,1-2H3,(H2,21,22,25). The highest BCUT2D eigenvalue weighted by molar-refractivity contribution is 5.73. The highest BCUT2D eigenvalue weighted by atomic mass is 16.3. The maximum Gasteiger partial charge on any atom is 0.315 e. The van der Waals surface area contributed by atoms with Crippen LogP contribution in [-0.4, -0.2) is 41.8 Å². The summed E-state index contributed by atoms with van der Waals surface area (Å²) in [5, 5.41) is 15.1. The van der Waals surface area contributed by atoms with Crippen molar-refractivity contribution in [1.29, 1.82) is 0 Å². The number of nitrogens with one attached hydrogen (secondary N) is 2. The van der Waals surface area contributed by atoms with Crippen molar-refractivity contribution >= 4 is 6.03 Å². The number of benzene rings is 1. The summed E-state index contributed by atoms with van der Waals surface area (Å²) in [5.74, 6) is 0.862. The van der Waals surface area contributed by atoms with Gasteiger partial charge in [-0.25, -0.2) is 4.79 Å². The lowest BCUT2D eigenvalue weighted by Gasteiger charge is -2.30. The molecule has 0 spiro atoms. The molecule has 1 aliphatic rings. The van der Waals surface area contributed by atoms with Gasteiger partial charge in [0.1, 0.15) is 0 Å². The molecule has 1 fully saturated rings. The molecule has 5 heteroatoms. The first kappa shape index (κ1) is 19.7. The highest BCUT2D eigenvalue weighted by Gasteiger charge is 2.15. The predicted octanol–water partition coefficient (Wildman–Crippen LogP) is 2.88. The molecule has 0 aliphatic carbocycles. The van der Waals surface area contributed by atoms with Gasteiger partial charge in [0.2, 0.25) is 0 Å². The van der Waals surface area contributed by atoms with Crippen LogP contribution >= 0.6 is 0 Å². The van der Waals surface area contributed by atoms with E-state index in [4.69, 9.17) is 0 Å². The molecule has 3 N–H and O–H groups in total. The fraction of sp³-hybridized carbons (Fsp3) is 0.650. The maximum absolute atomic E-state index is 11.7. The Labute approximate surface area is 151 Å². The van der Waals surface area contributed by atoms with Crippen molar-refractivity contribution in [2.24, 2.45) is 5.92 Å². The zero-order valence-corrected chi connectivity index (χ0v) is 15.6. The van der Waals surface area contributed by atoms with Crippen LogP contribution in [0.4, 0.5) is 4.79 Å². The summed E-state index contributed by atoms with van der Waals surface area (Å²) in [6.07, 6.45) is 3.56. The van der Waals surface area contributed by atoms with Crippen molar-refractivity contribution in [3.05, 3.63) is 35.4 Å². The normalized spacial score (nSPS) is 17.2. The number of nitrogens with zero attached hydrogens (tertiary/aromatic N) is 1. The van der Waals surface area contributed by atoms with Gasteiger partial charge in [-0.05, 0) is 55.8 Å². The van der Waals surface area contributed by atoms with Gasteiger partial charge in [-0.15, -0.1) is 0 Å². The number of amides is 2. The second-order valence-corrected chi connectivity index (χ2v) is 7.24. The Hall–Kier alpha value is -1.59. The molecule has 2 amide bonds. The second-order valence-electron chi connectivity index (χ2n) is 7.24. The molecule has 0 aromatic heterocycles. The molecule has 25 heavy (non-hydrogen) atoms. The summed E-state index contributed by atoms with van der Waals surface area (Å²) in [7, 11) is 0. The first-order chi connectivity index (χ1) is 12.1. The number of likely N-dealkylation sites (tertiary alicyclic amines) is 1. The van der Waals surface area contributed by atoms with Crippen molar-refractivity contribution in [1.82, 2.24) is 15.5 Å². The van der Waals surface area contributed by atoms with Gasteiger partial charge in [-0.2, -0.15) is 0 Å². The molecule has 1 aromatic rings. The van der Waals surface area contributed by atoms with Gasteiger partial charge in [0, 0.05) is 19.6 Å². The predicted molar refractivity (Wildman–Crippen MR) is 101 cm³/mol. The minimum absolute atomic E-state index is 0.185. The number of carbonyl (C=O) groups is 1. The molecule has 0 radical (unpaired) electrons. The smallest absolute Gasteiger partial charge is 0.315 e. The van der Waals surface area contributed by atoms with E-state index in [1.54, 1.807) is 0 Å². The molecule has 0 saturated carbocycles. The topological polar surface area (TPSA) is 64.6 Å². The van der Waals surface area contributed by atoms with Crippen LogP contribution in [0.1, 0.15) is 50.7 Å². The van der Waals surface area contributed by atoms with E-state index >= 15 is 0 Å². The van der Waals surface area contributed by atoms with E-state index in [1.807, 2.05) is 6.92 Å². The number of hydrogen-bond acceptors (Lipinski definition) is 3. The molecule has 0 bridgehead atoms. The van der Waals surface area contributed by atoms with Crippen LogP contribution in [0, 0.1) is 5.92 Å². The van der Waals surface area contributed by atoms with Gasteiger partial charge in [0.15, 0.2) is 0 Å². The van der Waals surface area contributed by atoms with E-state index in [-0.39, 0.29) is 12.1 Å². The molecular weight excluding hydrogens is 314 g/mol. The molecule has 2 rings (SSSR count). The Bertz CT molecular complexity index is 510. The lowest BCUT2D eigenvalue weighted by atomic mass is 9.99. The van der Waals surface area contributed by atoms with E-state index < -0.39 is 0 Å². The van der Waals surface area contributed by atoms with Crippen molar-refractivity contribution in [3.63, 3.8) is 0 Å². The molecule has 1 unspecified atom stereocenters. The first-order valence-corrected chi connectivity index (χ1v) is 9.56. The Morgan fingerprint density at radius 2 is 1.84 bits per heavy atom. The molecule has 1 saturated heterocycles. The van der Waals surface area contributed by atoms with E-state index in [1.165, 1.54) is 31.5 Å². The van der Waals surface area contributed by atoms with Gasteiger partial charge in [-0.3, -0.25) is 4.90 Å². The summed E-state index contributed by atoms with van der Waals surface area (Å²) in [6, 6.07) is 8.30. The summed E-state index contributed by atoms with van der Waals surface area (Å²) in [4.78, 5) is 14.3. The van der Waals surface area contributed by atoms with Crippen LogP contribution in [0.3, 0.4) is 0 Å². The number of carbonyl (C=O) groups excluding carboxylic acids is 1. The lowest BCUT2D eigenvalue weighted by Crippen LogP contribution is -2.36. The van der Waals surface area contributed by atoms with E-state index in [0.29, 0.717) is 25.9 Å². The van der Waals surface area contributed by atoms with Gasteiger partial charge < -0.3 is 15.7 Å². The number of aliphatic hydroxyl groups is 1. The minimum Gasteiger partial charge on any atom is -0.393 e. The third-order valence-electron chi connectivity index (χ3n) is 4.99. The molecule has 1 aromatic carbocycles. The van der Waals surface area contributed by atoms with Gasteiger partial charge in [0.25, 0.3) is 0 Å². The number of piperidine rings is 1. The monoisotopic (exact) mass is 347 g/mol. The Morgan fingerprint density at radius 1 is 1.20 bits per heavy atom. The number of hydrogen-bond donors (Lipinski definition) is 3. The average Bonchev–Trinajstić information content (AvgIpc) is 2.63. The number of urea groups is 1. The quantitative estimate of drug-likeness (QED) is 0.677. The van der Waals surface area contributed by atoms with Crippen LogP contribution in [0.5, 0.6) is 0 Å². The van der Waals surface area contributed by atoms with Crippen molar-refractivity contribution in [2.75, 3.05) is 19.6 Å². The fourth-order valence-electron chi connectivity index (χ4n) is 3.04. The largest absolute Gasteiger partial charge is 0.393 e. The van der Waals surface area contributed by atoms with Crippen molar-refractivity contribution in [3.8, 4) is 0 Å². The van der Waals surface area contributed by atoms with Crippen molar-refractivity contribution in [2.45, 2.75) is 58.7 Å². The van der Waals surface area contributed by atoms with E-state index in [9.17, 15) is 9.90 Å². The van der Waals surface area contributed by atoms with Crippen LogP contribution in [0.25, 0.3) is 0 Å². The van der Waals surface area contributed by atoms with Crippen LogP contribution in [0.2, 0.25) is 0 Å². The molecule has 1 atom stereocenters. The summed E-state index contributed by atoms with van der Waals surface area (Å²) >= 11 is 0. The highest BCUT2D eigenvalue weighted by Crippen LogP contribution is 2.18. The first-order valence-electron chi connectivity index (χ1n) is 9.56. The number of rotatable bonds is 8. The maximum atomic E-state index is 11.7. The molecule has 140 valence electrons. The van der Waals surface area contributed by atoms with Gasteiger partial charge in [0.05, 0.1) is 6.10 Å². The lowest BCUT2D eigenvalue weighted by molar-refractivity contribution is 0.160. The van der Waals surface area contributed by atoms with Crippen LogP contribution in [0.15, 0.2) is 24.3 Å². The zero-order chi connectivity index (χ0) is 18.1. The minimum atomic E-state index is -0.337. The molecule has 5 nitrogen and oxygen atoms in total.